The molecule has 0 amide bonds. The van der Waals surface area contributed by atoms with Gasteiger partial charge in [0.2, 0.25) is 0 Å². The number of esters is 1. The van der Waals surface area contributed by atoms with Crippen molar-refractivity contribution in [3.05, 3.63) is 33.8 Å². The van der Waals surface area contributed by atoms with Crippen LogP contribution in [0.3, 0.4) is 0 Å². The second kappa shape index (κ2) is 6.93. The van der Waals surface area contributed by atoms with Crippen molar-refractivity contribution in [2.75, 3.05) is 7.11 Å². The highest BCUT2D eigenvalue weighted by molar-refractivity contribution is 9.10. The Labute approximate surface area is 136 Å². The third-order valence-electron chi connectivity index (χ3n) is 3.20. The summed E-state index contributed by atoms with van der Waals surface area (Å²) in [5, 5.41) is 3.59. The molecule has 0 saturated carbocycles. The molecule has 3 nitrogen and oxygen atoms in total. The average Bonchev–Trinajstić information content (AvgIpc) is 2.33. The highest BCUT2D eigenvalue weighted by Gasteiger charge is 2.25. The normalized spacial score (nSPS) is 12.3. The predicted molar refractivity (Wildman–Crippen MR) is 90.5 cm³/mol. The third-order valence-corrected chi connectivity index (χ3v) is 3.94. The van der Waals surface area contributed by atoms with Crippen molar-refractivity contribution in [1.82, 2.24) is 5.32 Å². The SMILES string of the molecule is COC(=O)c1ccc(CNC(C)(C)CC(C)(C)C)c(Br)c1. The topological polar surface area (TPSA) is 38.3 Å². The monoisotopic (exact) mass is 355 g/mol. The standard InChI is InChI=1S/C17H26BrNO2/c1-16(2,3)11-17(4,5)19-10-13-8-7-12(9-14(13)18)15(20)21-6/h7-9,19H,10-11H2,1-6H3. The number of carbonyl (C=O) groups excluding carboxylic acids is 1. The van der Waals surface area contributed by atoms with E-state index >= 15 is 0 Å². The maximum Gasteiger partial charge on any atom is 0.337 e. The predicted octanol–water partition coefficient (Wildman–Crippen LogP) is 4.54. The lowest BCUT2D eigenvalue weighted by atomic mass is 9.82. The molecule has 0 unspecified atom stereocenters. The van der Waals surface area contributed by atoms with Gasteiger partial charge in [0.1, 0.15) is 0 Å². The lowest BCUT2D eigenvalue weighted by molar-refractivity contribution is 0.0600. The number of hydrogen-bond donors (Lipinski definition) is 1. The van der Waals surface area contributed by atoms with Gasteiger partial charge in [0.05, 0.1) is 12.7 Å². The van der Waals surface area contributed by atoms with Gasteiger partial charge < -0.3 is 10.1 Å². The van der Waals surface area contributed by atoms with Crippen LogP contribution in [0.1, 0.15) is 57.0 Å². The Morgan fingerprint density at radius 1 is 1.24 bits per heavy atom. The van der Waals surface area contributed by atoms with Gasteiger partial charge in [-0.3, -0.25) is 0 Å². The van der Waals surface area contributed by atoms with E-state index in [-0.39, 0.29) is 16.9 Å². The van der Waals surface area contributed by atoms with E-state index in [0.717, 1.165) is 23.0 Å². The summed E-state index contributed by atoms with van der Waals surface area (Å²) in [5.74, 6) is -0.316. The summed E-state index contributed by atoms with van der Waals surface area (Å²) in [5.41, 5.74) is 2.02. The van der Waals surface area contributed by atoms with E-state index in [0.29, 0.717) is 5.56 Å². The molecule has 118 valence electrons. The molecule has 0 radical (unpaired) electrons. The summed E-state index contributed by atoms with van der Waals surface area (Å²) >= 11 is 3.53. The van der Waals surface area contributed by atoms with Crippen molar-refractivity contribution in [2.45, 2.75) is 53.1 Å². The molecule has 0 fully saturated rings. The van der Waals surface area contributed by atoms with Gasteiger partial charge in [-0.2, -0.15) is 0 Å². The van der Waals surface area contributed by atoms with E-state index in [4.69, 9.17) is 4.74 Å². The van der Waals surface area contributed by atoms with E-state index in [2.05, 4.69) is 55.9 Å². The largest absolute Gasteiger partial charge is 0.465 e. The Morgan fingerprint density at radius 2 is 1.86 bits per heavy atom. The van der Waals surface area contributed by atoms with Crippen LogP contribution >= 0.6 is 15.9 Å². The number of ether oxygens (including phenoxy) is 1. The molecule has 0 aliphatic carbocycles. The molecule has 4 heteroatoms. The maximum atomic E-state index is 11.5. The van der Waals surface area contributed by atoms with Crippen molar-refractivity contribution in [2.24, 2.45) is 5.41 Å². The first-order chi connectivity index (χ1) is 9.54. The van der Waals surface area contributed by atoms with Crippen molar-refractivity contribution < 1.29 is 9.53 Å². The molecule has 1 rings (SSSR count). The summed E-state index contributed by atoms with van der Waals surface area (Å²) in [7, 11) is 1.39. The zero-order valence-electron chi connectivity index (χ0n) is 13.8. The Morgan fingerprint density at radius 3 is 2.33 bits per heavy atom. The van der Waals surface area contributed by atoms with Crippen molar-refractivity contribution in [1.29, 1.82) is 0 Å². The quantitative estimate of drug-likeness (QED) is 0.787. The molecule has 0 aliphatic heterocycles. The van der Waals surface area contributed by atoms with E-state index < -0.39 is 0 Å². The minimum Gasteiger partial charge on any atom is -0.465 e. The van der Waals surface area contributed by atoms with Crippen LogP contribution < -0.4 is 5.32 Å². The second-order valence-electron chi connectivity index (χ2n) is 7.27. The fraction of sp³-hybridized carbons (Fsp3) is 0.588. The Bertz CT molecular complexity index is 504. The molecule has 0 atom stereocenters. The zero-order chi connectivity index (χ0) is 16.3. The van der Waals surface area contributed by atoms with Gasteiger partial charge in [0.25, 0.3) is 0 Å². The Kier molecular flexibility index (Phi) is 6.00. The summed E-state index contributed by atoms with van der Waals surface area (Å²) in [6, 6.07) is 5.56. The lowest BCUT2D eigenvalue weighted by Gasteiger charge is -2.33. The smallest absolute Gasteiger partial charge is 0.337 e. The van der Waals surface area contributed by atoms with Crippen LogP contribution in [0.15, 0.2) is 22.7 Å². The highest BCUT2D eigenvalue weighted by atomic mass is 79.9. The molecule has 0 heterocycles. The Balaban J connectivity index is 2.74. The van der Waals surface area contributed by atoms with Gasteiger partial charge in [0.15, 0.2) is 0 Å². The van der Waals surface area contributed by atoms with Crippen LogP contribution in [0.2, 0.25) is 0 Å². The van der Waals surface area contributed by atoms with Crippen LogP contribution in [0.25, 0.3) is 0 Å². The summed E-state index contributed by atoms with van der Waals surface area (Å²) in [6.07, 6.45) is 1.08. The van der Waals surface area contributed by atoms with Gasteiger partial charge in [-0.15, -0.1) is 0 Å². The third kappa shape index (κ3) is 6.18. The molecule has 1 N–H and O–H groups in total. The first kappa shape index (κ1) is 18.2. The van der Waals surface area contributed by atoms with Crippen LogP contribution in [-0.4, -0.2) is 18.6 Å². The zero-order valence-corrected chi connectivity index (χ0v) is 15.4. The molecule has 0 saturated heterocycles. The Hall–Kier alpha value is -0.870. The molecular weight excluding hydrogens is 330 g/mol. The van der Waals surface area contributed by atoms with Gasteiger partial charge in [-0.05, 0) is 43.4 Å². The molecule has 0 aromatic heterocycles. The first-order valence-electron chi connectivity index (χ1n) is 7.16. The molecular formula is C17H26BrNO2. The summed E-state index contributed by atoms with van der Waals surface area (Å²) in [4.78, 5) is 11.5. The van der Waals surface area contributed by atoms with Crippen LogP contribution in [0.5, 0.6) is 0 Å². The van der Waals surface area contributed by atoms with E-state index in [1.54, 1.807) is 12.1 Å². The molecule has 21 heavy (non-hydrogen) atoms. The van der Waals surface area contributed by atoms with E-state index in [1.807, 2.05) is 6.07 Å². The fourth-order valence-corrected chi connectivity index (χ4v) is 3.18. The van der Waals surface area contributed by atoms with Crippen molar-refractivity contribution >= 4 is 21.9 Å². The van der Waals surface area contributed by atoms with Gasteiger partial charge in [0, 0.05) is 16.6 Å². The van der Waals surface area contributed by atoms with Crippen LogP contribution in [0.4, 0.5) is 0 Å². The lowest BCUT2D eigenvalue weighted by Crippen LogP contribution is -2.41. The van der Waals surface area contributed by atoms with Gasteiger partial charge in [-0.25, -0.2) is 4.79 Å². The number of halogens is 1. The minimum absolute atomic E-state index is 0.0543. The number of carbonyl (C=O) groups is 1. The molecule has 1 aromatic carbocycles. The van der Waals surface area contributed by atoms with Crippen molar-refractivity contribution in [3.8, 4) is 0 Å². The molecule has 0 bridgehead atoms. The number of rotatable bonds is 5. The van der Waals surface area contributed by atoms with Gasteiger partial charge in [-0.1, -0.05) is 42.8 Å². The maximum absolute atomic E-state index is 11.5. The highest BCUT2D eigenvalue weighted by Crippen LogP contribution is 2.27. The van der Waals surface area contributed by atoms with Crippen LogP contribution in [-0.2, 0) is 11.3 Å². The van der Waals surface area contributed by atoms with E-state index in [1.165, 1.54) is 7.11 Å². The van der Waals surface area contributed by atoms with E-state index in [9.17, 15) is 4.79 Å². The number of hydrogen-bond acceptors (Lipinski definition) is 3. The summed E-state index contributed by atoms with van der Waals surface area (Å²) in [6.45, 7) is 11.9. The van der Waals surface area contributed by atoms with Gasteiger partial charge >= 0.3 is 5.97 Å². The minimum atomic E-state index is -0.316. The number of methoxy groups -OCH3 is 1. The molecule has 0 spiro atoms. The second-order valence-corrected chi connectivity index (χ2v) is 8.13. The number of nitrogens with one attached hydrogen (secondary N) is 1. The molecule has 1 aromatic rings. The van der Waals surface area contributed by atoms with Crippen LogP contribution in [0, 0.1) is 5.41 Å². The summed E-state index contributed by atoms with van der Waals surface area (Å²) < 4.78 is 5.65. The molecule has 0 aliphatic rings. The average molecular weight is 356 g/mol. The van der Waals surface area contributed by atoms with Crippen molar-refractivity contribution in [3.63, 3.8) is 0 Å². The first-order valence-corrected chi connectivity index (χ1v) is 7.95. The fourth-order valence-electron chi connectivity index (χ4n) is 2.66. The number of benzene rings is 1.